The molecule has 94 valence electrons. The van der Waals surface area contributed by atoms with Crippen molar-refractivity contribution in [1.29, 1.82) is 0 Å². The van der Waals surface area contributed by atoms with Gasteiger partial charge in [0.1, 0.15) is 0 Å². The SMILES string of the molecule is Cc1noc(CN2CCCCC2CC(=O)O)n1. The summed E-state index contributed by atoms with van der Waals surface area (Å²) in [6, 6.07) is 0.0912. The number of aromatic nitrogens is 2. The van der Waals surface area contributed by atoms with Crippen molar-refractivity contribution >= 4 is 5.97 Å². The first-order chi connectivity index (χ1) is 8.15. The molecule has 1 aliphatic heterocycles. The van der Waals surface area contributed by atoms with Crippen LogP contribution in [0.15, 0.2) is 4.52 Å². The highest BCUT2D eigenvalue weighted by atomic mass is 16.5. The van der Waals surface area contributed by atoms with Crippen LogP contribution in [0.2, 0.25) is 0 Å². The van der Waals surface area contributed by atoms with Crippen LogP contribution in [-0.4, -0.2) is 38.7 Å². The molecule has 1 aromatic heterocycles. The summed E-state index contributed by atoms with van der Waals surface area (Å²) in [5.41, 5.74) is 0. The first-order valence-electron chi connectivity index (χ1n) is 5.90. The predicted molar refractivity (Wildman–Crippen MR) is 59.3 cm³/mol. The molecule has 0 saturated carbocycles. The van der Waals surface area contributed by atoms with E-state index < -0.39 is 5.97 Å². The molecule has 6 heteroatoms. The third-order valence-electron chi connectivity index (χ3n) is 3.07. The number of carboxylic acid groups (broad SMARTS) is 1. The number of aliphatic carboxylic acids is 1. The van der Waals surface area contributed by atoms with E-state index in [4.69, 9.17) is 9.63 Å². The van der Waals surface area contributed by atoms with E-state index in [-0.39, 0.29) is 12.5 Å². The molecular weight excluding hydrogens is 222 g/mol. The van der Waals surface area contributed by atoms with E-state index in [1.165, 1.54) is 0 Å². The average Bonchev–Trinajstić information content (AvgIpc) is 2.66. The minimum absolute atomic E-state index is 0.0912. The van der Waals surface area contributed by atoms with Crippen molar-refractivity contribution in [3.8, 4) is 0 Å². The Morgan fingerprint density at radius 3 is 3.06 bits per heavy atom. The number of nitrogens with zero attached hydrogens (tertiary/aromatic N) is 3. The molecule has 0 spiro atoms. The fourth-order valence-electron chi connectivity index (χ4n) is 2.28. The average molecular weight is 239 g/mol. The number of aryl methyl sites for hydroxylation is 1. The maximum atomic E-state index is 10.8. The fourth-order valence-corrected chi connectivity index (χ4v) is 2.28. The molecule has 0 radical (unpaired) electrons. The van der Waals surface area contributed by atoms with E-state index in [9.17, 15) is 4.79 Å². The second-order valence-corrected chi connectivity index (χ2v) is 4.45. The van der Waals surface area contributed by atoms with Crippen LogP contribution < -0.4 is 0 Å². The molecular formula is C11H17N3O3. The minimum Gasteiger partial charge on any atom is -0.481 e. The second-order valence-electron chi connectivity index (χ2n) is 4.45. The highest BCUT2D eigenvalue weighted by Gasteiger charge is 2.25. The standard InChI is InChI=1S/C11H17N3O3/c1-8-12-10(17-13-8)7-14-5-3-2-4-9(14)6-11(15)16/h9H,2-7H2,1H3,(H,15,16). The van der Waals surface area contributed by atoms with Gasteiger partial charge in [-0.1, -0.05) is 11.6 Å². The van der Waals surface area contributed by atoms with Gasteiger partial charge >= 0.3 is 5.97 Å². The van der Waals surface area contributed by atoms with E-state index in [0.29, 0.717) is 18.3 Å². The quantitative estimate of drug-likeness (QED) is 0.850. The van der Waals surface area contributed by atoms with Crippen molar-refractivity contribution < 1.29 is 14.4 Å². The van der Waals surface area contributed by atoms with Gasteiger partial charge in [0.2, 0.25) is 5.89 Å². The predicted octanol–water partition coefficient (Wildman–Crippen LogP) is 1.21. The topological polar surface area (TPSA) is 79.5 Å². The van der Waals surface area contributed by atoms with Gasteiger partial charge in [0.05, 0.1) is 13.0 Å². The molecule has 2 heterocycles. The molecule has 0 amide bonds. The summed E-state index contributed by atoms with van der Waals surface area (Å²) in [7, 11) is 0. The Balaban J connectivity index is 1.98. The van der Waals surface area contributed by atoms with Crippen LogP contribution in [0.5, 0.6) is 0 Å². The summed E-state index contributed by atoms with van der Waals surface area (Å²) >= 11 is 0. The molecule has 17 heavy (non-hydrogen) atoms. The van der Waals surface area contributed by atoms with Crippen LogP contribution in [0, 0.1) is 6.92 Å². The summed E-state index contributed by atoms with van der Waals surface area (Å²) in [5.74, 6) is 0.440. The van der Waals surface area contributed by atoms with Gasteiger partial charge in [-0.15, -0.1) is 0 Å². The molecule has 1 unspecified atom stereocenters. The van der Waals surface area contributed by atoms with Crippen molar-refractivity contribution in [3.05, 3.63) is 11.7 Å². The van der Waals surface area contributed by atoms with Crippen LogP contribution in [0.4, 0.5) is 0 Å². The van der Waals surface area contributed by atoms with Crippen LogP contribution >= 0.6 is 0 Å². The van der Waals surface area contributed by atoms with Gasteiger partial charge < -0.3 is 9.63 Å². The maximum absolute atomic E-state index is 10.8. The molecule has 6 nitrogen and oxygen atoms in total. The smallest absolute Gasteiger partial charge is 0.304 e. The number of hydrogen-bond acceptors (Lipinski definition) is 5. The monoisotopic (exact) mass is 239 g/mol. The van der Waals surface area contributed by atoms with Crippen molar-refractivity contribution in [1.82, 2.24) is 15.0 Å². The second kappa shape index (κ2) is 5.27. The molecule has 0 aliphatic carbocycles. The lowest BCUT2D eigenvalue weighted by Crippen LogP contribution is -2.40. The maximum Gasteiger partial charge on any atom is 0.304 e. The zero-order valence-corrected chi connectivity index (χ0v) is 9.93. The number of piperidine rings is 1. The summed E-state index contributed by atoms with van der Waals surface area (Å²) in [4.78, 5) is 17.1. The zero-order valence-electron chi connectivity index (χ0n) is 9.93. The van der Waals surface area contributed by atoms with Crippen LogP contribution in [-0.2, 0) is 11.3 Å². The minimum atomic E-state index is -0.747. The fraction of sp³-hybridized carbons (Fsp3) is 0.727. The summed E-state index contributed by atoms with van der Waals surface area (Å²) in [6.45, 7) is 3.23. The molecule has 1 saturated heterocycles. The lowest BCUT2D eigenvalue weighted by atomic mass is 9.99. The van der Waals surface area contributed by atoms with E-state index in [1.807, 2.05) is 0 Å². The normalized spacial score (nSPS) is 21.6. The molecule has 0 bridgehead atoms. The van der Waals surface area contributed by atoms with Crippen LogP contribution in [0.1, 0.15) is 37.4 Å². The van der Waals surface area contributed by atoms with Gasteiger partial charge in [-0.2, -0.15) is 4.98 Å². The molecule has 1 atom stereocenters. The molecule has 0 aromatic carbocycles. The Hall–Kier alpha value is -1.43. The lowest BCUT2D eigenvalue weighted by Gasteiger charge is -2.33. The van der Waals surface area contributed by atoms with E-state index in [1.54, 1.807) is 6.92 Å². The molecule has 1 fully saturated rings. The van der Waals surface area contributed by atoms with Gasteiger partial charge in [0.25, 0.3) is 0 Å². The van der Waals surface area contributed by atoms with Gasteiger partial charge in [0.15, 0.2) is 5.82 Å². The third-order valence-corrected chi connectivity index (χ3v) is 3.07. The largest absolute Gasteiger partial charge is 0.481 e. The number of rotatable bonds is 4. The van der Waals surface area contributed by atoms with Crippen molar-refractivity contribution in [2.75, 3.05) is 6.54 Å². The highest BCUT2D eigenvalue weighted by molar-refractivity contribution is 5.67. The molecule has 1 aliphatic rings. The zero-order chi connectivity index (χ0) is 12.3. The van der Waals surface area contributed by atoms with Gasteiger partial charge in [-0.3, -0.25) is 9.69 Å². The number of likely N-dealkylation sites (tertiary alicyclic amines) is 1. The van der Waals surface area contributed by atoms with Crippen molar-refractivity contribution in [3.63, 3.8) is 0 Å². The first kappa shape index (κ1) is 12.0. The van der Waals surface area contributed by atoms with E-state index in [2.05, 4.69) is 15.0 Å². The van der Waals surface area contributed by atoms with Gasteiger partial charge in [-0.05, 0) is 26.3 Å². The summed E-state index contributed by atoms with van der Waals surface area (Å²) in [6.07, 6.45) is 3.31. The Bertz CT molecular complexity index is 391. The van der Waals surface area contributed by atoms with Crippen molar-refractivity contribution in [2.24, 2.45) is 0 Å². The van der Waals surface area contributed by atoms with Crippen LogP contribution in [0.3, 0.4) is 0 Å². The Labute approximate surface area is 99.6 Å². The third kappa shape index (κ3) is 3.26. The number of carbonyl (C=O) groups is 1. The lowest BCUT2D eigenvalue weighted by molar-refractivity contribution is -0.138. The Kier molecular flexibility index (Phi) is 3.73. The van der Waals surface area contributed by atoms with E-state index in [0.717, 1.165) is 25.8 Å². The molecule has 1 aromatic rings. The van der Waals surface area contributed by atoms with Gasteiger partial charge in [-0.25, -0.2) is 0 Å². The molecule has 1 N–H and O–H groups in total. The van der Waals surface area contributed by atoms with Gasteiger partial charge in [0, 0.05) is 6.04 Å². The number of hydrogen-bond donors (Lipinski definition) is 1. The van der Waals surface area contributed by atoms with E-state index >= 15 is 0 Å². The number of carboxylic acids is 1. The van der Waals surface area contributed by atoms with Crippen molar-refractivity contribution in [2.45, 2.75) is 45.2 Å². The molecule has 2 rings (SSSR count). The summed E-state index contributed by atoms with van der Waals surface area (Å²) < 4.78 is 5.07. The first-order valence-corrected chi connectivity index (χ1v) is 5.90. The highest BCUT2D eigenvalue weighted by Crippen LogP contribution is 2.21. The van der Waals surface area contributed by atoms with Crippen LogP contribution in [0.25, 0.3) is 0 Å². The Morgan fingerprint density at radius 1 is 1.59 bits per heavy atom. The Morgan fingerprint density at radius 2 is 2.41 bits per heavy atom. The summed E-state index contributed by atoms with van der Waals surface area (Å²) in [5, 5.41) is 12.6.